The van der Waals surface area contributed by atoms with Crippen molar-refractivity contribution in [3.05, 3.63) is 30.1 Å². The molecule has 0 aliphatic heterocycles. The summed E-state index contributed by atoms with van der Waals surface area (Å²) in [4.78, 5) is 4.31. The molecule has 0 saturated carbocycles. The van der Waals surface area contributed by atoms with Gasteiger partial charge in [-0.1, -0.05) is 6.07 Å². The Labute approximate surface area is 80.0 Å². The molecule has 0 radical (unpaired) electrons. The minimum atomic E-state index is 0.614. The Kier molecular flexibility index (Phi) is 1.95. The monoisotopic (exact) mass is 189 g/mol. The molecule has 2 aromatic rings. The first kappa shape index (κ1) is 8.14. The van der Waals surface area contributed by atoms with Crippen LogP contribution in [0.1, 0.15) is 5.69 Å². The highest BCUT2D eigenvalue weighted by molar-refractivity contribution is 7.98. The van der Waals surface area contributed by atoms with Gasteiger partial charge in [-0.3, -0.25) is 4.40 Å². The second kappa shape index (κ2) is 3.11. The van der Waals surface area contributed by atoms with Gasteiger partial charge < -0.3 is 0 Å². The predicted molar refractivity (Wildman–Crippen MR) is 51.7 cm³/mol. The number of fused-ring (bicyclic) bond motifs is 1. The SMILES string of the molecule is CSc1nc2ccccn2c1C#N. The number of aromatic nitrogens is 2. The van der Waals surface area contributed by atoms with Crippen LogP contribution >= 0.6 is 11.8 Å². The average Bonchev–Trinajstić information content (AvgIpc) is 2.55. The number of nitrogens with zero attached hydrogens (tertiary/aromatic N) is 3. The van der Waals surface area contributed by atoms with Gasteiger partial charge in [0, 0.05) is 6.20 Å². The maximum atomic E-state index is 8.91. The van der Waals surface area contributed by atoms with Crippen LogP contribution in [0.2, 0.25) is 0 Å². The third-order valence-corrected chi connectivity index (χ3v) is 2.47. The van der Waals surface area contributed by atoms with Gasteiger partial charge >= 0.3 is 0 Å². The zero-order valence-electron chi connectivity index (χ0n) is 7.06. The van der Waals surface area contributed by atoms with Gasteiger partial charge in [0.15, 0.2) is 5.69 Å². The number of imidazole rings is 1. The minimum absolute atomic E-state index is 0.614. The fraction of sp³-hybridized carbons (Fsp3) is 0.111. The number of hydrogen-bond donors (Lipinski definition) is 0. The van der Waals surface area contributed by atoms with Crippen LogP contribution < -0.4 is 0 Å². The van der Waals surface area contributed by atoms with Crippen molar-refractivity contribution in [3.63, 3.8) is 0 Å². The normalized spacial score (nSPS) is 10.2. The molecule has 0 fully saturated rings. The fourth-order valence-corrected chi connectivity index (χ4v) is 1.74. The van der Waals surface area contributed by atoms with Crippen molar-refractivity contribution in [1.82, 2.24) is 9.38 Å². The van der Waals surface area contributed by atoms with E-state index in [9.17, 15) is 0 Å². The molecule has 0 aliphatic rings. The average molecular weight is 189 g/mol. The molecule has 0 saturated heterocycles. The summed E-state index contributed by atoms with van der Waals surface area (Å²) in [7, 11) is 0. The molecule has 13 heavy (non-hydrogen) atoms. The Bertz CT molecular complexity index is 481. The van der Waals surface area contributed by atoms with E-state index < -0.39 is 0 Å². The molecular weight excluding hydrogens is 182 g/mol. The quantitative estimate of drug-likeness (QED) is 0.643. The molecule has 0 bridgehead atoms. The van der Waals surface area contributed by atoms with E-state index in [1.165, 1.54) is 11.8 Å². The molecule has 0 spiro atoms. The summed E-state index contributed by atoms with van der Waals surface area (Å²) in [5.41, 5.74) is 1.44. The van der Waals surface area contributed by atoms with Crippen LogP contribution in [0.3, 0.4) is 0 Å². The lowest BCUT2D eigenvalue weighted by Crippen LogP contribution is -1.86. The minimum Gasteiger partial charge on any atom is -0.290 e. The van der Waals surface area contributed by atoms with Crippen molar-refractivity contribution in [2.45, 2.75) is 5.03 Å². The number of rotatable bonds is 1. The molecule has 4 heteroatoms. The summed E-state index contributed by atoms with van der Waals surface area (Å²) >= 11 is 1.49. The fourth-order valence-electron chi connectivity index (χ4n) is 1.22. The molecule has 0 amide bonds. The van der Waals surface area contributed by atoms with Gasteiger partial charge in [-0.05, 0) is 18.4 Å². The van der Waals surface area contributed by atoms with E-state index in [1.54, 1.807) is 4.40 Å². The van der Waals surface area contributed by atoms with E-state index in [-0.39, 0.29) is 0 Å². The standard InChI is InChI=1S/C9H7N3S/c1-13-9-7(6-10)12-5-3-2-4-8(12)11-9/h2-5H,1H3. The van der Waals surface area contributed by atoms with Crippen LogP contribution in [0.5, 0.6) is 0 Å². The maximum absolute atomic E-state index is 8.91. The first-order chi connectivity index (χ1) is 6.36. The van der Waals surface area contributed by atoms with E-state index in [1.807, 2.05) is 30.7 Å². The van der Waals surface area contributed by atoms with Crippen molar-refractivity contribution in [2.75, 3.05) is 6.26 Å². The van der Waals surface area contributed by atoms with Gasteiger partial charge in [-0.25, -0.2) is 4.98 Å². The lowest BCUT2D eigenvalue weighted by Gasteiger charge is -1.91. The second-order valence-corrected chi connectivity index (χ2v) is 3.31. The maximum Gasteiger partial charge on any atom is 0.158 e. The molecule has 0 unspecified atom stereocenters. The lowest BCUT2D eigenvalue weighted by molar-refractivity contribution is 1.13. The summed E-state index contributed by atoms with van der Waals surface area (Å²) in [6, 6.07) is 7.84. The summed E-state index contributed by atoms with van der Waals surface area (Å²) in [5, 5.41) is 9.70. The summed E-state index contributed by atoms with van der Waals surface area (Å²) < 4.78 is 1.80. The van der Waals surface area contributed by atoms with E-state index in [0.29, 0.717) is 5.69 Å². The molecule has 0 N–H and O–H groups in total. The van der Waals surface area contributed by atoms with Crippen LogP contribution in [0.4, 0.5) is 0 Å². The highest BCUT2D eigenvalue weighted by Crippen LogP contribution is 2.19. The Morgan fingerprint density at radius 2 is 2.38 bits per heavy atom. The van der Waals surface area contributed by atoms with Gasteiger partial charge in [0.2, 0.25) is 0 Å². The van der Waals surface area contributed by atoms with E-state index >= 15 is 0 Å². The lowest BCUT2D eigenvalue weighted by atomic mass is 10.4. The van der Waals surface area contributed by atoms with Crippen LogP contribution in [0, 0.1) is 11.3 Å². The molecular formula is C9H7N3S. The summed E-state index contributed by atoms with van der Waals surface area (Å²) in [6.07, 6.45) is 3.77. The Morgan fingerprint density at radius 3 is 3.08 bits per heavy atom. The summed E-state index contributed by atoms with van der Waals surface area (Å²) in [6.45, 7) is 0. The largest absolute Gasteiger partial charge is 0.290 e. The zero-order chi connectivity index (χ0) is 9.26. The molecule has 0 aliphatic carbocycles. The smallest absolute Gasteiger partial charge is 0.158 e. The first-order valence-corrected chi connectivity index (χ1v) is 5.00. The van der Waals surface area contributed by atoms with E-state index in [2.05, 4.69) is 11.1 Å². The van der Waals surface area contributed by atoms with Gasteiger partial charge in [0.25, 0.3) is 0 Å². The Morgan fingerprint density at radius 1 is 1.54 bits per heavy atom. The molecule has 2 rings (SSSR count). The molecule has 64 valence electrons. The third kappa shape index (κ3) is 1.18. The van der Waals surface area contributed by atoms with Crippen molar-refractivity contribution >= 4 is 17.4 Å². The predicted octanol–water partition coefficient (Wildman–Crippen LogP) is 1.93. The topological polar surface area (TPSA) is 41.1 Å². The molecule has 3 nitrogen and oxygen atoms in total. The third-order valence-electron chi connectivity index (χ3n) is 1.80. The van der Waals surface area contributed by atoms with Gasteiger partial charge in [0.1, 0.15) is 16.7 Å². The number of nitriles is 1. The molecule has 0 atom stereocenters. The van der Waals surface area contributed by atoms with Gasteiger partial charge in [-0.2, -0.15) is 5.26 Å². The number of pyridine rings is 1. The molecule has 2 heterocycles. The molecule has 0 aromatic carbocycles. The Balaban J connectivity index is 2.83. The highest BCUT2D eigenvalue weighted by atomic mass is 32.2. The van der Waals surface area contributed by atoms with Crippen LogP contribution in [-0.4, -0.2) is 15.6 Å². The highest BCUT2D eigenvalue weighted by Gasteiger charge is 2.08. The van der Waals surface area contributed by atoms with Gasteiger partial charge in [0.05, 0.1) is 0 Å². The second-order valence-electron chi connectivity index (χ2n) is 2.51. The van der Waals surface area contributed by atoms with Crippen LogP contribution in [0.25, 0.3) is 5.65 Å². The number of hydrogen-bond acceptors (Lipinski definition) is 3. The van der Waals surface area contributed by atoms with Crippen LogP contribution in [0.15, 0.2) is 29.4 Å². The van der Waals surface area contributed by atoms with Crippen molar-refractivity contribution in [1.29, 1.82) is 5.26 Å². The van der Waals surface area contributed by atoms with Crippen molar-refractivity contribution in [3.8, 4) is 6.07 Å². The molecule has 2 aromatic heterocycles. The van der Waals surface area contributed by atoms with E-state index in [4.69, 9.17) is 5.26 Å². The first-order valence-electron chi connectivity index (χ1n) is 3.78. The zero-order valence-corrected chi connectivity index (χ0v) is 7.88. The van der Waals surface area contributed by atoms with Crippen molar-refractivity contribution in [2.24, 2.45) is 0 Å². The number of thioether (sulfide) groups is 1. The van der Waals surface area contributed by atoms with Crippen LogP contribution in [-0.2, 0) is 0 Å². The Hall–Kier alpha value is -1.47. The summed E-state index contributed by atoms with van der Waals surface area (Å²) in [5.74, 6) is 0. The van der Waals surface area contributed by atoms with Crippen molar-refractivity contribution < 1.29 is 0 Å². The van der Waals surface area contributed by atoms with Gasteiger partial charge in [-0.15, -0.1) is 11.8 Å². The van der Waals surface area contributed by atoms with E-state index in [0.717, 1.165) is 10.7 Å².